The average molecular weight is 513 g/mol. The van der Waals surface area contributed by atoms with Crippen molar-refractivity contribution in [2.45, 2.75) is 38.5 Å². The zero-order chi connectivity index (χ0) is 19.1. The molecule has 1 fully saturated rings. The van der Waals surface area contributed by atoms with Crippen LogP contribution in [-0.4, -0.2) is 44.2 Å². The van der Waals surface area contributed by atoms with Crippen LogP contribution in [0.5, 0.6) is 0 Å². The lowest BCUT2D eigenvalue weighted by Crippen LogP contribution is -2.44. The first-order chi connectivity index (χ1) is 13.1. The second-order valence-electron chi connectivity index (χ2n) is 7.67. The maximum absolute atomic E-state index is 4.78. The number of nitrogens with one attached hydrogen (secondary N) is 2. The number of aliphatic imine (C=N–C) groups is 1. The molecule has 1 aromatic heterocycles. The highest BCUT2D eigenvalue weighted by Crippen LogP contribution is 2.24. The van der Waals surface area contributed by atoms with Crippen LogP contribution >= 0.6 is 35.3 Å². The van der Waals surface area contributed by atoms with Crippen LogP contribution in [0, 0.1) is 0 Å². The molecule has 1 saturated heterocycles. The quantitative estimate of drug-likeness (QED) is 0.333. The predicted molar refractivity (Wildman–Crippen MR) is 132 cm³/mol. The van der Waals surface area contributed by atoms with Crippen LogP contribution in [0.2, 0.25) is 0 Å². The van der Waals surface area contributed by atoms with Crippen molar-refractivity contribution in [2.75, 3.05) is 38.1 Å². The summed E-state index contributed by atoms with van der Waals surface area (Å²) < 4.78 is 0. The van der Waals surface area contributed by atoms with Gasteiger partial charge in [-0.25, -0.2) is 4.98 Å². The minimum atomic E-state index is 0. The minimum absolute atomic E-state index is 0. The van der Waals surface area contributed by atoms with Gasteiger partial charge in [0.05, 0.1) is 5.69 Å². The Labute approximate surface area is 190 Å². The number of thiazole rings is 1. The summed E-state index contributed by atoms with van der Waals surface area (Å²) in [5.41, 5.74) is 2.53. The third-order valence-corrected chi connectivity index (χ3v) is 6.02. The molecule has 28 heavy (non-hydrogen) atoms. The van der Waals surface area contributed by atoms with Crippen LogP contribution in [0.3, 0.4) is 0 Å². The number of halogens is 1. The Balaban J connectivity index is 0.00000280. The van der Waals surface area contributed by atoms with Gasteiger partial charge in [0, 0.05) is 50.4 Å². The number of hydrogen-bond acceptors (Lipinski definition) is 4. The molecule has 1 aliphatic rings. The first-order valence-electron chi connectivity index (χ1n) is 9.78. The summed E-state index contributed by atoms with van der Waals surface area (Å²) in [5, 5.41) is 10.2. The zero-order valence-corrected chi connectivity index (χ0v) is 20.2. The van der Waals surface area contributed by atoms with E-state index in [0.29, 0.717) is 0 Å². The Morgan fingerprint density at radius 1 is 1.18 bits per heavy atom. The molecule has 1 aromatic carbocycles. The number of hydrogen-bond donors (Lipinski definition) is 2. The van der Waals surface area contributed by atoms with Crippen molar-refractivity contribution >= 4 is 46.4 Å². The van der Waals surface area contributed by atoms with E-state index >= 15 is 0 Å². The molecule has 0 bridgehead atoms. The third-order valence-electron chi connectivity index (χ3n) is 5.07. The van der Waals surface area contributed by atoms with Gasteiger partial charge in [0.15, 0.2) is 11.1 Å². The summed E-state index contributed by atoms with van der Waals surface area (Å²) in [6.07, 6.45) is 3.49. The van der Waals surface area contributed by atoms with Crippen molar-refractivity contribution in [2.24, 2.45) is 4.99 Å². The smallest absolute Gasteiger partial charge is 0.191 e. The van der Waals surface area contributed by atoms with Gasteiger partial charge in [-0.1, -0.05) is 44.2 Å². The van der Waals surface area contributed by atoms with Gasteiger partial charge in [-0.3, -0.25) is 4.99 Å². The maximum Gasteiger partial charge on any atom is 0.191 e. The second-order valence-corrected chi connectivity index (χ2v) is 8.50. The molecule has 0 atom stereocenters. The number of rotatable bonds is 7. The monoisotopic (exact) mass is 513 g/mol. The predicted octanol–water partition coefficient (Wildman–Crippen LogP) is 4.05. The Bertz CT molecular complexity index is 738. The lowest BCUT2D eigenvalue weighted by atomic mass is 9.85. The summed E-state index contributed by atoms with van der Waals surface area (Å²) in [6.45, 7) is 8.45. The van der Waals surface area contributed by atoms with E-state index in [1.54, 1.807) is 11.3 Å². The molecule has 0 amide bonds. The van der Waals surface area contributed by atoms with Crippen LogP contribution in [0.4, 0.5) is 5.13 Å². The summed E-state index contributed by atoms with van der Waals surface area (Å²) in [4.78, 5) is 11.5. The molecule has 1 aliphatic heterocycles. The van der Waals surface area contributed by atoms with E-state index in [9.17, 15) is 0 Å². The Morgan fingerprint density at radius 3 is 2.57 bits per heavy atom. The summed E-state index contributed by atoms with van der Waals surface area (Å²) in [7, 11) is 1.82. The van der Waals surface area contributed by atoms with Gasteiger partial charge < -0.3 is 15.5 Å². The third kappa shape index (κ3) is 6.34. The number of aromatic nitrogens is 1. The summed E-state index contributed by atoms with van der Waals surface area (Å²) >= 11 is 1.76. The first kappa shape index (κ1) is 22.9. The van der Waals surface area contributed by atoms with Crippen LogP contribution < -0.4 is 15.5 Å². The van der Waals surface area contributed by atoms with E-state index in [2.05, 4.69) is 70.1 Å². The van der Waals surface area contributed by atoms with Crippen molar-refractivity contribution in [1.82, 2.24) is 15.6 Å². The fraction of sp³-hybridized carbons (Fsp3) is 0.524. The van der Waals surface area contributed by atoms with Crippen molar-refractivity contribution in [1.29, 1.82) is 0 Å². The molecule has 2 N–H and O–H groups in total. The Hall–Kier alpha value is -1.35. The molecule has 154 valence electrons. The second kappa shape index (κ2) is 11.0. The van der Waals surface area contributed by atoms with Gasteiger partial charge in [-0.2, -0.15) is 0 Å². The van der Waals surface area contributed by atoms with Gasteiger partial charge in [0.1, 0.15) is 0 Å². The van der Waals surface area contributed by atoms with Crippen LogP contribution in [-0.2, 0) is 11.8 Å². The van der Waals surface area contributed by atoms with Crippen molar-refractivity contribution in [3.05, 3.63) is 47.0 Å². The number of benzene rings is 1. The molecule has 3 rings (SSSR count). The molecule has 0 saturated carbocycles. The van der Waals surface area contributed by atoms with Gasteiger partial charge in [-0.15, -0.1) is 35.3 Å². The largest absolute Gasteiger partial charge is 0.356 e. The highest BCUT2D eigenvalue weighted by molar-refractivity contribution is 14.0. The highest BCUT2D eigenvalue weighted by atomic mass is 127. The average Bonchev–Trinajstić information content (AvgIpc) is 3.37. The first-order valence-corrected chi connectivity index (χ1v) is 10.7. The number of nitrogens with zero attached hydrogens (tertiary/aromatic N) is 3. The molecule has 2 aromatic rings. The molecule has 0 unspecified atom stereocenters. The van der Waals surface area contributed by atoms with E-state index in [1.807, 2.05) is 7.05 Å². The summed E-state index contributed by atoms with van der Waals surface area (Å²) in [6, 6.07) is 10.6. The molecule has 0 aliphatic carbocycles. The van der Waals surface area contributed by atoms with E-state index in [1.165, 1.54) is 23.5 Å². The minimum Gasteiger partial charge on any atom is -0.356 e. The van der Waals surface area contributed by atoms with E-state index in [-0.39, 0.29) is 29.4 Å². The molecular weight excluding hydrogens is 481 g/mol. The van der Waals surface area contributed by atoms with Gasteiger partial charge in [0.25, 0.3) is 0 Å². The maximum atomic E-state index is 4.78. The normalized spacial score (nSPS) is 14.7. The molecule has 0 radical (unpaired) electrons. The molecule has 2 heterocycles. The van der Waals surface area contributed by atoms with Gasteiger partial charge in [0.2, 0.25) is 0 Å². The fourth-order valence-electron chi connectivity index (χ4n) is 3.29. The SMILES string of the molecule is CN=C(NCCc1csc(N2CCCC2)n1)NCC(C)(C)c1ccccc1.I. The van der Waals surface area contributed by atoms with E-state index in [4.69, 9.17) is 4.98 Å². The summed E-state index contributed by atoms with van der Waals surface area (Å²) in [5.74, 6) is 0.842. The van der Waals surface area contributed by atoms with E-state index in [0.717, 1.165) is 44.3 Å². The van der Waals surface area contributed by atoms with Crippen LogP contribution in [0.1, 0.15) is 37.9 Å². The fourth-order valence-corrected chi connectivity index (χ4v) is 4.20. The Kier molecular flexibility index (Phi) is 9.01. The van der Waals surface area contributed by atoms with Crippen molar-refractivity contribution < 1.29 is 0 Å². The highest BCUT2D eigenvalue weighted by Gasteiger charge is 2.20. The van der Waals surface area contributed by atoms with E-state index < -0.39 is 0 Å². The van der Waals surface area contributed by atoms with Gasteiger partial charge in [-0.05, 0) is 18.4 Å². The van der Waals surface area contributed by atoms with Crippen molar-refractivity contribution in [3.8, 4) is 0 Å². The molecular formula is C21H32IN5S. The zero-order valence-electron chi connectivity index (χ0n) is 17.1. The Morgan fingerprint density at radius 2 is 1.89 bits per heavy atom. The lowest BCUT2D eigenvalue weighted by molar-refractivity contribution is 0.508. The number of anilines is 1. The molecule has 5 nitrogen and oxygen atoms in total. The molecule has 0 spiro atoms. The van der Waals surface area contributed by atoms with Crippen molar-refractivity contribution in [3.63, 3.8) is 0 Å². The van der Waals surface area contributed by atoms with Crippen LogP contribution in [0.25, 0.3) is 0 Å². The standard InChI is InChI=1S/C21H31N5S.HI/c1-21(2,17-9-5-4-6-10-17)16-24-19(22-3)23-12-11-18-15-27-20(25-18)26-13-7-8-14-26;/h4-6,9-10,15H,7-8,11-14,16H2,1-3H3,(H2,22,23,24);1H. The van der Waals surface area contributed by atoms with Gasteiger partial charge >= 0.3 is 0 Å². The number of guanidine groups is 1. The lowest BCUT2D eigenvalue weighted by Gasteiger charge is -2.26. The van der Waals surface area contributed by atoms with Crippen LogP contribution in [0.15, 0.2) is 40.7 Å². The topological polar surface area (TPSA) is 52.6 Å². The molecule has 7 heteroatoms.